The number of nitrogens with one attached hydrogen (secondary N) is 2. The first-order chi connectivity index (χ1) is 13.2. The van der Waals surface area contributed by atoms with Gasteiger partial charge in [-0.15, -0.1) is 10.2 Å². The van der Waals surface area contributed by atoms with E-state index in [9.17, 15) is 0 Å². The molecule has 5 atom stereocenters. The van der Waals surface area contributed by atoms with E-state index >= 15 is 0 Å². The summed E-state index contributed by atoms with van der Waals surface area (Å²) in [5.74, 6) is 3.51. The number of nitriles is 1. The van der Waals surface area contributed by atoms with Crippen molar-refractivity contribution in [3.8, 4) is 6.07 Å². The lowest BCUT2D eigenvalue weighted by atomic mass is 9.96. The summed E-state index contributed by atoms with van der Waals surface area (Å²) >= 11 is 0. The fourth-order valence-corrected chi connectivity index (χ4v) is 4.40. The van der Waals surface area contributed by atoms with Crippen molar-refractivity contribution in [2.45, 2.75) is 43.9 Å². The molecule has 2 aromatic rings. The topological polar surface area (TPSA) is 104 Å². The average molecular weight is 360 g/mol. The lowest BCUT2D eigenvalue weighted by molar-refractivity contribution is 0.421. The minimum atomic E-state index is 0.0423. The highest BCUT2D eigenvalue weighted by Gasteiger charge is 2.39. The molecule has 2 aliphatic heterocycles. The normalized spacial score (nSPS) is 30.4. The van der Waals surface area contributed by atoms with Crippen molar-refractivity contribution in [3.63, 3.8) is 0 Å². The largest absolute Gasteiger partial charge is 0.368 e. The third-order valence-electron chi connectivity index (χ3n) is 5.74. The van der Waals surface area contributed by atoms with E-state index in [0.717, 1.165) is 30.3 Å². The van der Waals surface area contributed by atoms with Crippen molar-refractivity contribution in [2.24, 2.45) is 10.9 Å². The predicted octanol–water partition coefficient (Wildman–Crippen LogP) is 1.96. The third-order valence-corrected chi connectivity index (χ3v) is 5.74. The van der Waals surface area contributed by atoms with E-state index < -0.39 is 0 Å². The summed E-state index contributed by atoms with van der Waals surface area (Å²) in [6, 6.07) is 6.23. The van der Waals surface area contributed by atoms with Crippen molar-refractivity contribution in [3.05, 3.63) is 47.8 Å². The Labute approximate surface area is 157 Å². The second-order valence-corrected chi connectivity index (χ2v) is 7.47. The Morgan fingerprint density at radius 1 is 1.30 bits per heavy atom. The van der Waals surface area contributed by atoms with Gasteiger partial charge in [-0.05, 0) is 43.2 Å². The standard InChI is InChI=1S/C19H20N8/c1-11-6-13(24-16-3-2-12(8-20)9-22-16)7-14(11)19-26-25-17-10-23-18-15(27(17)19)4-5-21-18/h2-5,9-11,13-15,18,21H,6-7H2,1H3,(H,22,24)/t11-,13+,14+,15?,18?/m0/s1. The third kappa shape index (κ3) is 2.67. The molecule has 0 saturated heterocycles. The fourth-order valence-electron chi connectivity index (χ4n) is 4.40. The average Bonchev–Trinajstić information content (AvgIpc) is 3.39. The summed E-state index contributed by atoms with van der Waals surface area (Å²) in [4.78, 5) is 8.85. The number of rotatable bonds is 3. The van der Waals surface area contributed by atoms with Crippen molar-refractivity contribution in [1.82, 2.24) is 25.1 Å². The van der Waals surface area contributed by atoms with E-state index in [-0.39, 0.29) is 12.2 Å². The Hall–Kier alpha value is -3.21. The number of anilines is 1. The zero-order chi connectivity index (χ0) is 18.4. The maximum Gasteiger partial charge on any atom is 0.175 e. The van der Waals surface area contributed by atoms with Crippen LogP contribution in [0.2, 0.25) is 0 Å². The number of aliphatic imine (C=N–C) groups is 1. The minimum absolute atomic E-state index is 0.0423. The first-order valence-corrected chi connectivity index (χ1v) is 9.26. The first kappa shape index (κ1) is 16.0. The molecule has 8 nitrogen and oxygen atoms in total. The Balaban J connectivity index is 1.36. The molecule has 2 unspecified atom stereocenters. The van der Waals surface area contributed by atoms with Crippen LogP contribution in [0.5, 0.6) is 0 Å². The van der Waals surface area contributed by atoms with Gasteiger partial charge in [-0.3, -0.25) is 9.56 Å². The predicted molar refractivity (Wildman–Crippen MR) is 100 cm³/mol. The van der Waals surface area contributed by atoms with Gasteiger partial charge in [0.05, 0.1) is 17.8 Å². The maximum absolute atomic E-state index is 8.91. The number of hydrogen-bond donors (Lipinski definition) is 2. The molecule has 2 N–H and O–H groups in total. The second kappa shape index (κ2) is 6.20. The van der Waals surface area contributed by atoms with Crippen molar-refractivity contribution in [2.75, 3.05) is 5.32 Å². The number of nitrogens with zero attached hydrogens (tertiary/aromatic N) is 6. The van der Waals surface area contributed by atoms with Crippen molar-refractivity contribution < 1.29 is 0 Å². The summed E-state index contributed by atoms with van der Waals surface area (Å²) in [7, 11) is 0. The lowest BCUT2D eigenvalue weighted by Gasteiger charge is -2.26. The molecule has 5 rings (SSSR count). The Morgan fingerprint density at radius 2 is 2.22 bits per heavy atom. The van der Waals surface area contributed by atoms with Crippen LogP contribution in [0, 0.1) is 17.2 Å². The van der Waals surface area contributed by atoms with Crippen LogP contribution < -0.4 is 10.6 Å². The van der Waals surface area contributed by atoms with Crippen LogP contribution in [0.15, 0.2) is 35.6 Å². The summed E-state index contributed by atoms with van der Waals surface area (Å²) in [5, 5.41) is 24.6. The molecule has 0 amide bonds. The van der Waals surface area contributed by atoms with Gasteiger partial charge >= 0.3 is 0 Å². The van der Waals surface area contributed by atoms with Gasteiger partial charge in [0, 0.05) is 18.2 Å². The molecule has 1 fully saturated rings. The number of aromatic nitrogens is 4. The van der Waals surface area contributed by atoms with Gasteiger partial charge in [0.1, 0.15) is 23.9 Å². The number of fused-ring (bicyclic) bond motifs is 3. The van der Waals surface area contributed by atoms with Gasteiger partial charge in [-0.2, -0.15) is 5.26 Å². The molecule has 0 spiro atoms. The van der Waals surface area contributed by atoms with Crippen LogP contribution in [-0.4, -0.2) is 38.2 Å². The molecular formula is C19H20N8. The lowest BCUT2D eigenvalue weighted by Crippen LogP contribution is -2.33. The van der Waals surface area contributed by atoms with Crippen LogP contribution in [0.3, 0.4) is 0 Å². The van der Waals surface area contributed by atoms with Gasteiger partial charge < -0.3 is 10.6 Å². The smallest absolute Gasteiger partial charge is 0.175 e. The molecule has 0 aromatic carbocycles. The van der Waals surface area contributed by atoms with Crippen molar-refractivity contribution in [1.29, 1.82) is 5.26 Å². The monoisotopic (exact) mass is 360 g/mol. The van der Waals surface area contributed by atoms with Crippen LogP contribution >= 0.6 is 0 Å². The first-order valence-electron chi connectivity index (χ1n) is 9.26. The van der Waals surface area contributed by atoms with E-state index in [1.165, 1.54) is 0 Å². The van der Waals surface area contributed by atoms with Gasteiger partial charge in [0.2, 0.25) is 0 Å². The highest BCUT2D eigenvalue weighted by molar-refractivity contribution is 5.76. The summed E-state index contributed by atoms with van der Waals surface area (Å²) in [6.45, 7) is 2.28. The molecule has 27 heavy (non-hydrogen) atoms. The second-order valence-electron chi connectivity index (χ2n) is 7.47. The maximum atomic E-state index is 8.91. The SMILES string of the molecule is C[C@H]1C[C@@H](Nc2ccc(C#N)cn2)C[C@H]1c1nnc2n1C1C=CNC1N=C2. The molecule has 3 aliphatic rings. The molecule has 1 saturated carbocycles. The van der Waals surface area contributed by atoms with E-state index in [1.807, 2.05) is 18.5 Å². The van der Waals surface area contributed by atoms with Crippen LogP contribution in [-0.2, 0) is 0 Å². The Bertz CT molecular complexity index is 951. The van der Waals surface area contributed by atoms with Gasteiger partial charge in [0.15, 0.2) is 5.82 Å². The summed E-state index contributed by atoms with van der Waals surface area (Å²) < 4.78 is 2.23. The molecular weight excluding hydrogens is 340 g/mol. The van der Waals surface area contributed by atoms with E-state index in [0.29, 0.717) is 23.4 Å². The zero-order valence-corrected chi connectivity index (χ0v) is 14.9. The Kier molecular flexibility index (Phi) is 3.67. The number of hydrogen-bond acceptors (Lipinski definition) is 7. The van der Waals surface area contributed by atoms with Crippen molar-refractivity contribution >= 4 is 12.0 Å². The molecule has 1 aliphatic carbocycles. The van der Waals surface area contributed by atoms with E-state index in [1.54, 1.807) is 12.3 Å². The zero-order valence-electron chi connectivity index (χ0n) is 14.9. The fraction of sp³-hybridized carbons (Fsp3) is 0.421. The van der Waals surface area contributed by atoms with E-state index in [2.05, 4.69) is 54.4 Å². The quantitative estimate of drug-likeness (QED) is 0.867. The highest BCUT2D eigenvalue weighted by Crippen LogP contribution is 2.41. The molecule has 136 valence electrons. The summed E-state index contributed by atoms with van der Waals surface area (Å²) in [6.07, 6.45) is 9.58. The highest BCUT2D eigenvalue weighted by atomic mass is 15.3. The molecule has 8 heteroatoms. The Morgan fingerprint density at radius 3 is 3.04 bits per heavy atom. The van der Waals surface area contributed by atoms with Gasteiger partial charge in [-0.25, -0.2) is 4.98 Å². The van der Waals surface area contributed by atoms with Gasteiger partial charge in [-0.1, -0.05) is 6.92 Å². The number of pyridine rings is 1. The van der Waals surface area contributed by atoms with Gasteiger partial charge in [0.25, 0.3) is 0 Å². The van der Waals surface area contributed by atoms with Crippen LogP contribution in [0.4, 0.5) is 5.82 Å². The molecule has 4 heterocycles. The summed E-state index contributed by atoms with van der Waals surface area (Å²) in [5.41, 5.74) is 0.572. The minimum Gasteiger partial charge on any atom is -0.368 e. The molecule has 0 bridgehead atoms. The van der Waals surface area contributed by atoms with E-state index in [4.69, 9.17) is 5.26 Å². The molecule has 2 aromatic heterocycles. The van der Waals surface area contributed by atoms with Crippen LogP contribution in [0.1, 0.15) is 48.9 Å². The van der Waals surface area contributed by atoms with Crippen LogP contribution in [0.25, 0.3) is 0 Å². The molecule has 0 radical (unpaired) electrons.